The van der Waals surface area contributed by atoms with Crippen molar-refractivity contribution in [3.8, 4) is 17.2 Å². The number of carbonyl (C=O) groups is 1. The second-order valence-corrected chi connectivity index (χ2v) is 9.99. The Morgan fingerprint density at radius 3 is 2.36 bits per heavy atom. The number of furan rings is 1. The van der Waals surface area contributed by atoms with Gasteiger partial charge in [0.05, 0.1) is 19.3 Å². The van der Waals surface area contributed by atoms with Crippen molar-refractivity contribution in [1.29, 1.82) is 0 Å². The van der Waals surface area contributed by atoms with Crippen LogP contribution in [0.4, 0.5) is 0 Å². The highest BCUT2D eigenvalue weighted by Crippen LogP contribution is 2.38. The zero-order chi connectivity index (χ0) is 23.5. The van der Waals surface area contributed by atoms with Gasteiger partial charge in [-0.25, -0.2) is 0 Å². The maximum Gasteiger partial charge on any atom is 0.197 e. The van der Waals surface area contributed by atoms with Crippen molar-refractivity contribution >= 4 is 61.9 Å². The third-order valence-electron chi connectivity index (χ3n) is 5.32. The minimum Gasteiger partial charge on any atom is -0.506 e. The molecule has 0 aliphatic carbocycles. The molecule has 3 aromatic carbocycles. The topological polar surface area (TPSA) is 79.9 Å². The molecule has 0 saturated carbocycles. The Morgan fingerprint density at radius 1 is 1.00 bits per heavy atom. The largest absolute Gasteiger partial charge is 0.506 e. The van der Waals surface area contributed by atoms with Crippen LogP contribution in [0, 0.1) is 7.14 Å². The SMILES string of the molecule is CCCc1oc2cc(OCCc3ccccc3)c(O)cc2c1C(=O)c1cc(I)c(O)c(I)c1. The number of phenolic OH excluding ortho intramolecular Hbond substituents is 2. The Hall–Kier alpha value is -2.27. The average Bonchev–Trinajstić information content (AvgIpc) is 3.14. The molecule has 0 spiro atoms. The van der Waals surface area contributed by atoms with Crippen molar-refractivity contribution in [3.63, 3.8) is 0 Å². The molecule has 7 heteroatoms. The highest BCUT2D eigenvalue weighted by molar-refractivity contribution is 14.1. The summed E-state index contributed by atoms with van der Waals surface area (Å²) >= 11 is 4.02. The minimum absolute atomic E-state index is 0.0386. The van der Waals surface area contributed by atoms with E-state index in [0.717, 1.165) is 12.0 Å². The molecule has 4 rings (SSSR count). The molecule has 5 nitrogen and oxygen atoms in total. The molecular weight excluding hydrogens is 646 g/mol. The lowest BCUT2D eigenvalue weighted by molar-refractivity contribution is 0.103. The number of phenols is 2. The van der Waals surface area contributed by atoms with Crippen LogP contribution in [0.2, 0.25) is 0 Å². The van der Waals surface area contributed by atoms with Crippen LogP contribution in [0.15, 0.2) is 59.0 Å². The summed E-state index contributed by atoms with van der Waals surface area (Å²) in [5.41, 5.74) is 2.55. The van der Waals surface area contributed by atoms with E-state index in [9.17, 15) is 15.0 Å². The second-order valence-electron chi connectivity index (χ2n) is 7.67. The Labute approximate surface area is 219 Å². The van der Waals surface area contributed by atoms with Crippen LogP contribution >= 0.6 is 45.2 Å². The first-order valence-electron chi connectivity index (χ1n) is 10.6. The van der Waals surface area contributed by atoms with Gasteiger partial charge in [0.2, 0.25) is 0 Å². The molecule has 0 bridgehead atoms. The zero-order valence-electron chi connectivity index (χ0n) is 17.9. The number of hydrogen-bond donors (Lipinski definition) is 2. The van der Waals surface area contributed by atoms with Crippen LogP contribution in [0.3, 0.4) is 0 Å². The fraction of sp³-hybridized carbons (Fsp3) is 0.192. The van der Waals surface area contributed by atoms with Gasteiger partial charge in [-0.05, 0) is 75.4 Å². The number of halogens is 2. The Morgan fingerprint density at radius 2 is 1.70 bits per heavy atom. The molecule has 0 aliphatic rings. The fourth-order valence-electron chi connectivity index (χ4n) is 3.70. The average molecular weight is 668 g/mol. The predicted octanol–water partition coefficient (Wildman–Crippen LogP) is 6.86. The van der Waals surface area contributed by atoms with Gasteiger partial charge in [0.25, 0.3) is 0 Å². The lowest BCUT2D eigenvalue weighted by Crippen LogP contribution is -2.05. The molecular formula is C26H22I2O5. The van der Waals surface area contributed by atoms with E-state index in [2.05, 4.69) is 0 Å². The van der Waals surface area contributed by atoms with Crippen LogP contribution in [0.1, 0.15) is 40.6 Å². The lowest BCUT2D eigenvalue weighted by atomic mass is 9.98. The summed E-state index contributed by atoms with van der Waals surface area (Å²) < 4.78 is 13.1. The molecule has 0 unspecified atom stereocenters. The monoisotopic (exact) mass is 668 g/mol. The Balaban J connectivity index is 1.68. The van der Waals surface area contributed by atoms with E-state index in [-0.39, 0.29) is 17.3 Å². The molecule has 0 fully saturated rings. The van der Waals surface area contributed by atoms with Crippen LogP contribution in [-0.4, -0.2) is 22.6 Å². The van der Waals surface area contributed by atoms with E-state index in [1.165, 1.54) is 0 Å². The van der Waals surface area contributed by atoms with E-state index in [0.29, 0.717) is 60.2 Å². The maximum atomic E-state index is 13.5. The number of benzene rings is 3. The third kappa shape index (κ3) is 5.13. The number of ketones is 1. The van der Waals surface area contributed by atoms with Crippen molar-refractivity contribution in [2.75, 3.05) is 6.61 Å². The van der Waals surface area contributed by atoms with Crippen LogP contribution in [0.25, 0.3) is 11.0 Å². The number of aryl methyl sites for hydroxylation is 1. The van der Waals surface area contributed by atoms with Gasteiger partial charge in [0.1, 0.15) is 17.1 Å². The number of hydrogen-bond acceptors (Lipinski definition) is 5. The predicted molar refractivity (Wildman–Crippen MR) is 144 cm³/mol. The van der Waals surface area contributed by atoms with Crippen molar-refractivity contribution in [2.24, 2.45) is 0 Å². The molecule has 170 valence electrons. The first-order chi connectivity index (χ1) is 15.9. The van der Waals surface area contributed by atoms with E-state index in [4.69, 9.17) is 9.15 Å². The van der Waals surface area contributed by atoms with Gasteiger partial charge in [0, 0.05) is 29.9 Å². The molecule has 1 aromatic heterocycles. The normalized spacial score (nSPS) is 11.1. The number of carbonyl (C=O) groups excluding carboxylic acids is 1. The van der Waals surface area contributed by atoms with E-state index in [1.54, 1.807) is 24.3 Å². The number of fused-ring (bicyclic) bond motifs is 1. The minimum atomic E-state index is -0.204. The van der Waals surface area contributed by atoms with Crippen molar-refractivity contribution in [2.45, 2.75) is 26.2 Å². The van der Waals surface area contributed by atoms with Crippen LogP contribution in [0.5, 0.6) is 17.2 Å². The quantitative estimate of drug-likeness (QED) is 0.159. The zero-order valence-corrected chi connectivity index (χ0v) is 22.2. The fourth-order valence-corrected chi connectivity index (χ4v) is 5.46. The number of aromatic hydroxyl groups is 2. The number of rotatable bonds is 8. The molecule has 0 aliphatic heterocycles. The van der Waals surface area contributed by atoms with Gasteiger partial charge in [-0.1, -0.05) is 37.3 Å². The van der Waals surface area contributed by atoms with Gasteiger partial charge in [-0.3, -0.25) is 4.79 Å². The molecule has 4 aromatic rings. The highest BCUT2D eigenvalue weighted by atomic mass is 127. The summed E-state index contributed by atoms with van der Waals surface area (Å²) in [7, 11) is 0. The van der Waals surface area contributed by atoms with Gasteiger partial charge in [-0.2, -0.15) is 0 Å². The summed E-state index contributed by atoms with van der Waals surface area (Å²) in [6.07, 6.45) is 2.10. The second kappa shape index (κ2) is 10.3. The van der Waals surface area contributed by atoms with Gasteiger partial charge in [-0.15, -0.1) is 0 Å². The smallest absolute Gasteiger partial charge is 0.197 e. The van der Waals surface area contributed by atoms with Crippen molar-refractivity contribution in [1.82, 2.24) is 0 Å². The van der Waals surface area contributed by atoms with Crippen LogP contribution < -0.4 is 4.74 Å². The standard InChI is InChI=1S/C26H22I2O5/c1-2-6-21-24(25(30)16-11-18(27)26(31)19(28)12-16)17-13-20(29)23(14-22(17)33-21)32-10-9-15-7-4-3-5-8-15/h3-5,7-8,11-14,29,31H,2,6,9-10H2,1H3. The van der Waals surface area contributed by atoms with Crippen LogP contribution in [-0.2, 0) is 12.8 Å². The highest BCUT2D eigenvalue weighted by Gasteiger charge is 2.24. The Kier molecular flexibility index (Phi) is 7.48. The number of ether oxygens (including phenoxy) is 1. The van der Waals surface area contributed by atoms with Crippen molar-refractivity contribution in [3.05, 3.63) is 84.2 Å². The summed E-state index contributed by atoms with van der Waals surface area (Å²) in [5, 5.41) is 21.3. The third-order valence-corrected chi connectivity index (χ3v) is 6.96. The van der Waals surface area contributed by atoms with E-state index >= 15 is 0 Å². The summed E-state index contributed by atoms with van der Waals surface area (Å²) in [6, 6.07) is 16.5. The summed E-state index contributed by atoms with van der Waals surface area (Å²) in [4.78, 5) is 13.5. The Bertz CT molecular complexity index is 1290. The van der Waals surface area contributed by atoms with Crippen molar-refractivity contribution < 1.29 is 24.2 Å². The molecule has 0 saturated heterocycles. The molecule has 0 amide bonds. The summed E-state index contributed by atoms with van der Waals surface area (Å²) in [6.45, 7) is 2.42. The first-order valence-corrected chi connectivity index (χ1v) is 12.7. The van der Waals surface area contributed by atoms with Gasteiger partial charge < -0.3 is 19.4 Å². The van der Waals surface area contributed by atoms with Gasteiger partial charge >= 0.3 is 0 Å². The lowest BCUT2D eigenvalue weighted by Gasteiger charge is -2.09. The van der Waals surface area contributed by atoms with Gasteiger partial charge in [0.15, 0.2) is 17.3 Å². The molecule has 1 heterocycles. The molecule has 33 heavy (non-hydrogen) atoms. The van der Waals surface area contributed by atoms with E-state index < -0.39 is 0 Å². The molecule has 2 N–H and O–H groups in total. The first kappa shape index (κ1) is 23.9. The maximum absolute atomic E-state index is 13.5. The van der Waals surface area contributed by atoms with E-state index in [1.807, 2.05) is 82.4 Å². The molecule has 0 radical (unpaired) electrons. The molecule has 0 atom stereocenters. The summed E-state index contributed by atoms with van der Waals surface area (Å²) in [5.74, 6) is 0.821.